The number of amides is 1. The first-order chi connectivity index (χ1) is 10.5. The maximum atomic E-state index is 12.5. The molecule has 0 saturated heterocycles. The zero-order valence-electron chi connectivity index (χ0n) is 15.4. The van der Waals surface area contributed by atoms with Gasteiger partial charge in [0, 0.05) is 30.2 Å². The molecule has 1 aromatic heterocycles. The minimum atomic E-state index is -3.25. The van der Waals surface area contributed by atoms with Crippen LogP contribution in [0.3, 0.4) is 0 Å². The van der Waals surface area contributed by atoms with Crippen LogP contribution in [-0.2, 0) is 9.84 Å². The van der Waals surface area contributed by atoms with E-state index in [2.05, 4.69) is 23.7 Å². The van der Waals surface area contributed by atoms with Gasteiger partial charge in [-0.1, -0.05) is 13.8 Å². The predicted octanol–water partition coefficient (Wildman–Crippen LogP) is 3.02. The van der Waals surface area contributed by atoms with E-state index in [1.807, 2.05) is 33.8 Å². The third kappa shape index (κ3) is 3.79. The summed E-state index contributed by atoms with van der Waals surface area (Å²) in [5, 5.41) is 2.84. The first-order valence-electron chi connectivity index (χ1n) is 8.17. The second kappa shape index (κ2) is 7.07. The zero-order chi connectivity index (χ0) is 18.0. The highest BCUT2D eigenvalue weighted by Gasteiger charge is 2.37. The molecular formula is C17H30N2O3S. The average Bonchev–Trinajstić information content (AvgIpc) is 2.73. The van der Waals surface area contributed by atoms with E-state index in [0.29, 0.717) is 18.4 Å². The second-order valence-electron chi connectivity index (χ2n) is 6.59. The summed E-state index contributed by atoms with van der Waals surface area (Å²) in [6, 6.07) is 2.14. The van der Waals surface area contributed by atoms with Crippen molar-refractivity contribution < 1.29 is 13.2 Å². The molecule has 0 bridgehead atoms. The fourth-order valence-electron chi connectivity index (χ4n) is 3.29. The van der Waals surface area contributed by atoms with Crippen LogP contribution in [0.5, 0.6) is 0 Å². The van der Waals surface area contributed by atoms with Crippen molar-refractivity contribution in [1.29, 1.82) is 0 Å². The van der Waals surface area contributed by atoms with E-state index < -0.39 is 14.6 Å². The van der Waals surface area contributed by atoms with E-state index in [0.717, 1.165) is 11.4 Å². The van der Waals surface area contributed by atoms with Gasteiger partial charge in [0.2, 0.25) is 0 Å². The van der Waals surface area contributed by atoms with Crippen molar-refractivity contribution in [3.8, 4) is 0 Å². The molecule has 0 aliphatic heterocycles. The smallest absolute Gasteiger partial charge is 0.253 e. The van der Waals surface area contributed by atoms with Gasteiger partial charge < -0.3 is 9.88 Å². The molecule has 5 nitrogen and oxygen atoms in total. The summed E-state index contributed by atoms with van der Waals surface area (Å²) < 4.78 is 25.5. The monoisotopic (exact) mass is 342 g/mol. The zero-order valence-corrected chi connectivity index (χ0v) is 16.2. The van der Waals surface area contributed by atoms with Crippen LogP contribution in [0.15, 0.2) is 6.07 Å². The lowest BCUT2D eigenvalue weighted by Crippen LogP contribution is -2.47. The SMILES string of the molecule is CCC(CC)(CNC(=O)c1cc(C)n(C(C)C)c1C)S(C)(=O)=O. The molecule has 0 atom stereocenters. The molecule has 0 saturated carbocycles. The number of sulfone groups is 1. The van der Waals surface area contributed by atoms with Crippen molar-refractivity contribution in [2.75, 3.05) is 12.8 Å². The summed E-state index contributed by atoms with van der Waals surface area (Å²) in [7, 11) is -3.25. The van der Waals surface area contributed by atoms with E-state index in [9.17, 15) is 13.2 Å². The summed E-state index contributed by atoms with van der Waals surface area (Å²) in [6.07, 6.45) is 2.21. The molecule has 0 fully saturated rings. The fraction of sp³-hybridized carbons (Fsp3) is 0.706. The van der Waals surface area contributed by atoms with Gasteiger partial charge in [0.25, 0.3) is 5.91 Å². The minimum absolute atomic E-state index is 0.142. The minimum Gasteiger partial charge on any atom is -0.350 e. The van der Waals surface area contributed by atoms with Crippen LogP contribution in [0.2, 0.25) is 0 Å². The van der Waals surface area contributed by atoms with Crippen molar-refractivity contribution in [3.63, 3.8) is 0 Å². The molecule has 23 heavy (non-hydrogen) atoms. The summed E-state index contributed by atoms with van der Waals surface area (Å²) in [6.45, 7) is 11.9. The number of rotatable bonds is 7. The first kappa shape index (κ1) is 19.7. The number of nitrogens with zero attached hydrogens (tertiary/aromatic N) is 1. The Bertz CT molecular complexity index is 668. The Kier molecular flexibility index (Phi) is 6.07. The van der Waals surface area contributed by atoms with E-state index in [1.165, 1.54) is 6.26 Å². The molecule has 1 N–H and O–H groups in total. The van der Waals surface area contributed by atoms with E-state index in [1.54, 1.807) is 0 Å². The van der Waals surface area contributed by atoms with Gasteiger partial charge in [0.1, 0.15) is 0 Å². The quantitative estimate of drug-likeness (QED) is 0.828. The van der Waals surface area contributed by atoms with Gasteiger partial charge in [0.15, 0.2) is 9.84 Å². The summed E-state index contributed by atoms with van der Waals surface area (Å²) >= 11 is 0. The van der Waals surface area contributed by atoms with Crippen LogP contribution in [0.1, 0.15) is 68.3 Å². The lowest BCUT2D eigenvalue weighted by atomic mass is 10.0. The maximum absolute atomic E-state index is 12.5. The molecule has 0 unspecified atom stereocenters. The van der Waals surface area contributed by atoms with Crippen LogP contribution in [0.4, 0.5) is 0 Å². The van der Waals surface area contributed by atoms with Crippen molar-refractivity contribution in [3.05, 3.63) is 23.0 Å². The molecule has 0 radical (unpaired) electrons. The average molecular weight is 343 g/mol. The number of aryl methyl sites for hydroxylation is 1. The summed E-state index contributed by atoms with van der Waals surface area (Å²) in [5.74, 6) is -0.208. The Morgan fingerprint density at radius 1 is 1.26 bits per heavy atom. The Morgan fingerprint density at radius 2 is 1.78 bits per heavy atom. The molecule has 0 aromatic carbocycles. The van der Waals surface area contributed by atoms with Crippen LogP contribution in [0, 0.1) is 13.8 Å². The highest BCUT2D eigenvalue weighted by molar-refractivity contribution is 7.92. The van der Waals surface area contributed by atoms with Gasteiger partial charge >= 0.3 is 0 Å². The lowest BCUT2D eigenvalue weighted by Gasteiger charge is -2.29. The highest BCUT2D eigenvalue weighted by Crippen LogP contribution is 2.25. The molecule has 1 heterocycles. The van der Waals surface area contributed by atoms with Crippen molar-refractivity contribution in [2.24, 2.45) is 0 Å². The van der Waals surface area contributed by atoms with Crippen LogP contribution in [0.25, 0.3) is 0 Å². The third-order valence-electron chi connectivity index (χ3n) is 4.89. The highest BCUT2D eigenvalue weighted by atomic mass is 32.2. The number of nitrogens with one attached hydrogen (secondary N) is 1. The van der Waals surface area contributed by atoms with Crippen molar-refractivity contribution in [2.45, 2.75) is 65.2 Å². The largest absolute Gasteiger partial charge is 0.350 e. The Labute approximate surface area is 140 Å². The van der Waals surface area contributed by atoms with Gasteiger partial charge in [-0.2, -0.15) is 0 Å². The van der Waals surface area contributed by atoms with Crippen LogP contribution < -0.4 is 5.32 Å². The molecule has 0 spiro atoms. The van der Waals surface area contributed by atoms with Crippen molar-refractivity contribution in [1.82, 2.24) is 9.88 Å². The number of carbonyl (C=O) groups is 1. The Morgan fingerprint density at radius 3 is 2.13 bits per heavy atom. The summed E-state index contributed by atoms with van der Waals surface area (Å²) in [4.78, 5) is 12.5. The molecule has 6 heteroatoms. The third-order valence-corrected chi connectivity index (χ3v) is 7.19. The molecule has 0 aliphatic rings. The van der Waals surface area contributed by atoms with Gasteiger partial charge in [-0.15, -0.1) is 0 Å². The molecular weight excluding hydrogens is 312 g/mol. The van der Waals surface area contributed by atoms with Gasteiger partial charge in [0.05, 0.1) is 10.3 Å². The van der Waals surface area contributed by atoms with Gasteiger partial charge in [-0.25, -0.2) is 8.42 Å². The van der Waals surface area contributed by atoms with E-state index in [-0.39, 0.29) is 18.5 Å². The van der Waals surface area contributed by atoms with Crippen LogP contribution in [-0.4, -0.2) is 36.4 Å². The van der Waals surface area contributed by atoms with Crippen LogP contribution >= 0.6 is 0 Å². The molecule has 1 amide bonds. The predicted molar refractivity (Wildman–Crippen MR) is 94.8 cm³/mol. The maximum Gasteiger partial charge on any atom is 0.253 e. The standard InChI is InChI=1S/C17H30N2O3S/c1-8-17(9-2,23(7,21)22)11-18-16(20)15-10-13(5)19(12(3)4)14(15)6/h10,12H,8-9,11H2,1-7H3,(H,18,20). The number of aromatic nitrogens is 1. The lowest BCUT2D eigenvalue weighted by molar-refractivity contribution is 0.0947. The van der Waals surface area contributed by atoms with Crippen molar-refractivity contribution >= 4 is 15.7 Å². The summed E-state index contributed by atoms with van der Waals surface area (Å²) in [5.41, 5.74) is 2.56. The van der Waals surface area contributed by atoms with Gasteiger partial charge in [-0.05, 0) is 46.6 Å². The van der Waals surface area contributed by atoms with E-state index in [4.69, 9.17) is 0 Å². The number of hydrogen-bond donors (Lipinski definition) is 1. The first-order valence-corrected chi connectivity index (χ1v) is 10.1. The topological polar surface area (TPSA) is 68.2 Å². The molecule has 132 valence electrons. The normalized spacial score (nSPS) is 12.7. The number of hydrogen-bond acceptors (Lipinski definition) is 3. The number of carbonyl (C=O) groups excluding carboxylic acids is 1. The molecule has 1 aromatic rings. The van der Waals surface area contributed by atoms with Gasteiger partial charge in [-0.3, -0.25) is 4.79 Å². The Hall–Kier alpha value is -1.30. The fourth-order valence-corrected chi connectivity index (χ4v) is 4.68. The molecule has 1 rings (SSSR count). The second-order valence-corrected chi connectivity index (χ2v) is 9.00. The Balaban J connectivity index is 3.04. The van der Waals surface area contributed by atoms with E-state index >= 15 is 0 Å². The molecule has 0 aliphatic carbocycles.